The number of carboxylic acids is 2. The molecule has 0 aliphatic heterocycles. The van der Waals surface area contributed by atoms with Crippen molar-refractivity contribution < 1.29 is 24.5 Å². The molecule has 0 saturated carbocycles. The van der Waals surface area contributed by atoms with Gasteiger partial charge in [0.2, 0.25) is 0 Å². The molecule has 2 rings (SSSR count). The maximum absolute atomic E-state index is 10.9. The van der Waals surface area contributed by atoms with E-state index in [1.165, 1.54) is 0 Å². The highest BCUT2D eigenvalue weighted by atomic mass is 16.5. The van der Waals surface area contributed by atoms with Gasteiger partial charge in [0.15, 0.2) is 6.61 Å². The predicted molar refractivity (Wildman–Crippen MR) is 71.9 cm³/mol. The maximum atomic E-state index is 10.9. The fraction of sp³-hybridized carbons (Fsp3) is 0.286. The molecule has 20 heavy (non-hydrogen) atoms. The van der Waals surface area contributed by atoms with E-state index in [9.17, 15) is 9.59 Å². The van der Waals surface area contributed by atoms with Gasteiger partial charge in [-0.1, -0.05) is 6.92 Å². The summed E-state index contributed by atoms with van der Waals surface area (Å²) in [5.41, 5.74) is 1.73. The molecular formula is C14H15NO5. The maximum Gasteiger partial charge on any atom is 0.341 e. The van der Waals surface area contributed by atoms with Crippen LogP contribution in [0.3, 0.4) is 0 Å². The molecule has 6 heteroatoms. The van der Waals surface area contributed by atoms with Crippen LogP contribution >= 0.6 is 0 Å². The van der Waals surface area contributed by atoms with Crippen LogP contribution in [0.25, 0.3) is 10.9 Å². The Balaban J connectivity index is 2.25. The van der Waals surface area contributed by atoms with Gasteiger partial charge < -0.3 is 19.9 Å². The minimum absolute atomic E-state index is 0.401. The van der Waals surface area contributed by atoms with Crippen molar-refractivity contribution in [2.45, 2.75) is 13.3 Å². The summed E-state index contributed by atoms with van der Waals surface area (Å²) in [6.07, 6.45) is 2.17. The van der Waals surface area contributed by atoms with Crippen LogP contribution in [0.2, 0.25) is 0 Å². The highest BCUT2D eigenvalue weighted by molar-refractivity contribution is 5.85. The molecule has 1 aromatic carbocycles. The number of fused-ring (bicyclic) bond motifs is 1. The molecule has 0 bridgehead atoms. The molecular weight excluding hydrogens is 262 g/mol. The molecule has 0 saturated heterocycles. The molecule has 6 nitrogen and oxygen atoms in total. The number of aromatic nitrogens is 1. The Morgan fingerprint density at radius 2 is 2.10 bits per heavy atom. The first-order valence-corrected chi connectivity index (χ1v) is 6.15. The number of rotatable bonds is 6. The average Bonchev–Trinajstić information content (AvgIpc) is 2.79. The lowest BCUT2D eigenvalue weighted by Crippen LogP contribution is -2.12. The van der Waals surface area contributed by atoms with E-state index in [1.807, 2.05) is 0 Å². The highest BCUT2D eigenvalue weighted by Gasteiger charge is 2.14. The molecule has 0 spiro atoms. The largest absolute Gasteiger partial charge is 0.482 e. The summed E-state index contributed by atoms with van der Waals surface area (Å²) in [5.74, 6) is -1.93. The van der Waals surface area contributed by atoms with Crippen LogP contribution in [0, 0.1) is 5.92 Å². The number of aliphatic carboxylic acids is 2. The summed E-state index contributed by atoms with van der Waals surface area (Å²) < 4.78 is 5.12. The third kappa shape index (κ3) is 3.09. The van der Waals surface area contributed by atoms with E-state index in [0.717, 1.165) is 16.5 Å². The van der Waals surface area contributed by atoms with E-state index < -0.39 is 24.5 Å². The van der Waals surface area contributed by atoms with Crippen LogP contribution in [0.4, 0.5) is 0 Å². The van der Waals surface area contributed by atoms with Gasteiger partial charge in [0.05, 0.1) is 5.92 Å². The summed E-state index contributed by atoms with van der Waals surface area (Å²) in [5, 5.41) is 18.4. The van der Waals surface area contributed by atoms with Crippen LogP contribution < -0.4 is 4.74 Å². The van der Waals surface area contributed by atoms with Crippen molar-refractivity contribution in [2.75, 3.05) is 6.61 Å². The Morgan fingerprint density at radius 1 is 1.35 bits per heavy atom. The molecule has 0 amide bonds. The van der Waals surface area contributed by atoms with Crippen LogP contribution in [0.15, 0.2) is 24.4 Å². The summed E-state index contributed by atoms with van der Waals surface area (Å²) >= 11 is 0. The van der Waals surface area contributed by atoms with Crippen LogP contribution in [0.1, 0.15) is 12.5 Å². The first kappa shape index (κ1) is 13.9. The number of nitrogens with one attached hydrogen (secondary N) is 1. The van der Waals surface area contributed by atoms with Gasteiger partial charge in [-0.15, -0.1) is 0 Å². The van der Waals surface area contributed by atoms with Gasteiger partial charge >= 0.3 is 11.9 Å². The molecule has 0 aliphatic carbocycles. The molecule has 1 aromatic heterocycles. The molecule has 1 heterocycles. The Hall–Kier alpha value is -2.50. The summed E-state index contributed by atoms with van der Waals surface area (Å²) in [6.45, 7) is 1.24. The predicted octanol–water partition coefficient (Wildman–Crippen LogP) is 1.89. The Labute approximate surface area is 115 Å². The summed E-state index contributed by atoms with van der Waals surface area (Å²) in [4.78, 5) is 24.4. The lowest BCUT2D eigenvalue weighted by atomic mass is 10.0. The smallest absolute Gasteiger partial charge is 0.341 e. The van der Waals surface area contributed by atoms with Crippen molar-refractivity contribution >= 4 is 22.8 Å². The lowest BCUT2D eigenvalue weighted by Gasteiger charge is -2.06. The van der Waals surface area contributed by atoms with Gasteiger partial charge in [0, 0.05) is 17.1 Å². The Kier molecular flexibility index (Phi) is 3.93. The zero-order valence-corrected chi connectivity index (χ0v) is 10.9. The summed E-state index contributed by atoms with van der Waals surface area (Å²) in [7, 11) is 0. The third-order valence-electron chi connectivity index (χ3n) is 3.05. The Morgan fingerprint density at radius 3 is 2.75 bits per heavy atom. The number of carboxylic acid groups (broad SMARTS) is 2. The minimum atomic E-state index is -1.04. The Bertz CT molecular complexity index is 646. The molecule has 0 radical (unpaired) electrons. The molecule has 106 valence electrons. The van der Waals surface area contributed by atoms with Gasteiger partial charge in [0.1, 0.15) is 5.75 Å². The van der Waals surface area contributed by atoms with E-state index in [0.29, 0.717) is 12.2 Å². The highest BCUT2D eigenvalue weighted by Crippen LogP contribution is 2.25. The SMILES string of the molecule is C[C@H](Cc1c[nH]c2ccc(OCC(=O)O)cc12)C(=O)O. The number of hydrogen-bond donors (Lipinski definition) is 3. The van der Waals surface area contributed by atoms with Crippen molar-refractivity contribution in [3.63, 3.8) is 0 Å². The van der Waals surface area contributed by atoms with Crippen molar-refractivity contribution in [3.05, 3.63) is 30.0 Å². The van der Waals surface area contributed by atoms with E-state index >= 15 is 0 Å². The minimum Gasteiger partial charge on any atom is -0.482 e. The molecule has 2 aromatic rings. The van der Waals surface area contributed by atoms with E-state index in [-0.39, 0.29) is 0 Å². The van der Waals surface area contributed by atoms with Gasteiger partial charge in [-0.2, -0.15) is 0 Å². The molecule has 1 atom stereocenters. The molecule has 3 N–H and O–H groups in total. The number of aromatic amines is 1. The standard InChI is InChI=1S/C14H15NO5/c1-8(14(18)19)4-9-6-15-12-3-2-10(5-11(9)12)20-7-13(16)17/h2-3,5-6,8,15H,4,7H2,1H3,(H,16,17)(H,18,19)/t8-/m1/s1. The zero-order valence-electron chi connectivity index (χ0n) is 10.9. The van der Waals surface area contributed by atoms with E-state index in [2.05, 4.69) is 4.98 Å². The normalized spacial score (nSPS) is 12.2. The van der Waals surface area contributed by atoms with Crippen molar-refractivity contribution in [3.8, 4) is 5.75 Å². The number of hydrogen-bond acceptors (Lipinski definition) is 3. The lowest BCUT2D eigenvalue weighted by molar-refractivity contribution is -0.141. The number of H-pyrrole nitrogens is 1. The number of benzene rings is 1. The van der Waals surface area contributed by atoms with E-state index in [1.54, 1.807) is 31.3 Å². The van der Waals surface area contributed by atoms with Crippen LogP contribution in [-0.2, 0) is 16.0 Å². The number of carbonyl (C=O) groups is 2. The van der Waals surface area contributed by atoms with Gasteiger partial charge in [0.25, 0.3) is 0 Å². The second-order valence-corrected chi connectivity index (χ2v) is 4.65. The van der Waals surface area contributed by atoms with Crippen molar-refractivity contribution in [1.29, 1.82) is 0 Å². The second kappa shape index (κ2) is 5.64. The van der Waals surface area contributed by atoms with Gasteiger partial charge in [-0.25, -0.2) is 4.79 Å². The first-order chi connectivity index (χ1) is 9.47. The number of ether oxygens (including phenoxy) is 1. The monoisotopic (exact) mass is 277 g/mol. The van der Waals surface area contributed by atoms with E-state index in [4.69, 9.17) is 14.9 Å². The quantitative estimate of drug-likeness (QED) is 0.748. The second-order valence-electron chi connectivity index (χ2n) is 4.65. The fourth-order valence-corrected chi connectivity index (χ4v) is 1.98. The molecule has 0 fully saturated rings. The van der Waals surface area contributed by atoms with Gasteiger partial charge in [-0.05, 0) is 30.2 Å². The van der Waals surface area contributed by atoms with Crippen LogP contribution in [0.5, 0.6) is 5.75 Å². The van der Waals surface area contributed by atoms with Gasteiger partial charge in [-0.3, -0.25) is 4.79 Å². The average molecular weight is 277 g/mol. The summed E-state index contributed by atoms with van der Waals surface area (Å²) in [6, 6.07) is 5.17. The van der Waals surface area contributed by atoms with Crippen LogP contribution in [-0.4, -0.2) is 33.7 Å². The molecule has 0 unspecified atom stereocenters. The topological polar surface area (TPSA) is 99.6 Å². The molecule has 0 aliphatic rings. The first-order valence-electron chi connectivity index (χ1n) is 6.15. The third-order valence-corrected chi connectivity index (χ3v) is 3.05. The van der Waals surface area contributed by atoms with Crippen molar-refractivity contribution in [2.24, 2.45) is 5.92 Å². The fourth-order valence-electron chi connectivity index (χ4n) is 1.98. The zero-order chi connectivity index (χ0) is 14.7. The van der Waals surface area contributed by atoms with Crippen molar-refractivity contribution in [1.82, 2.24) is 4.98 Å².